The highest BCUT2D eigenvalue weighted by Crippen LogP contribution is 2.34. The van der Waals surface area contributed by atoms with Crippen LogP contribution in [0.5, 0.6) is 11.6 Å². The number of nitrogens with zero attached hydrogens (tertiary/aromatic N) is 1. The average molecular weight is 286 g/mol. The van der Waals surface area contributed by atoms with Crippen LogP contribution in [-0.4, -0.2) is 16.1 Å². The first-order valence-corrected chi connectivity index (χ1v) is 6.79. The lowest BCUT2D eigenvalue weighted by Gasteiger charge is -2.16. The van der Waals surface area contributed by atoms with Crippen LogP contribution in [0, 0.1) is 0 Å². The van der Waals surface area contributed by atoms with Crippen molar-refractivity contribution >= 4 is 11.7 Å². The van der Waals surface area contributed by atoms with Crippen LogP contribution >= 0.6 is 0 Å². The van der Waals surface area contributed by atoms with E-state index in [1.165, 1.54) is 12.3 Å². The van der Waals surface area contributed by atoms with Gasteiger partial charge in [-0.05, 0) is 30.0 Å². The van der Waals surface area contributed by atoms with E-state index < -0.39 is 5.97 Å². The van der Waals surface area contributed by atoms with Crippen molar-refractivity contribution in [1.82, 2.24) is 4.98 Å². The number of hydrogen-bond acceptors (Lipinski definition) is 4. The molecule has 0 aliphatic carbocycles. The molecule has 0 saturated carbocycles. The Balaban J connectivity index is 2.40. The number of ether oxygens (including phenoxy) is 1. The largest absolute Gasteiger partial charge is 0.478 e. The molecule has 1 atom stereocenters. The molecule has 0 saturated heterocycles. The number of anilines is 1. The minimum absolute atomic E-state index is 0.0129. The fourth-order valence-electron chi connectivity index (χ4n) is 2.03. The zero-order valence-electron chi connectivity index (χ0n) is 12.0. The van der Waals surface area contributed by atoms with Crippen molar-refractivity contribution < 1.29 is 14.6 Å². The molecule has 0 aliphatic rings. The van der Waals surface area contributed by atoms with E-state index in [0.717, 1.165) is 12.0 Å². The topological polar surface area (TPSA) is 85.4 Å². The molecule has 0 radical (unpaired) electrons. The SMILES string of the molecule is CCC(C)c1ccccc1Oc1nccc(C(=O)O)c1N. The molecule has 0 spiro atoms. The van der Waals surface area contributed by atoms with Gasteiger partial charge in [0.15, 0.2) is 0 Å². The van der Waals surface area contributed by atoms with E-state index in [4.69, 9.17) is 15.6 Å². The maximum Gasteiger partial charge on any atom is 0.338 e. The predicted octanol–water partition coefficient (Wildman–Crippen LogP) is 3.67. The van der Waals surface area contributed by atoms with Gasteiger partial charge in [0.25, 0.3) is 0 Å². The molecule has 21 heavy (non-hydrogen) atoms. The van der Waals surface area contributed by atoms with Crippen molar-refractivity contribution in [2.24, 2.45) is 0 Å². The van der Waals surface area contributed by atoms with Crippen molar-refractivity contribution in [2.75, 3.05) is 5.73 Å². The molecule has 0 amide bonds. The number of aromatic nitrogens is 1. The summed E-state index contributed by atoms with van der Waals surface area (Å²) < 4.78 is 5.75. The Bertz CT molecular complexity index is 656. The van der Waals surface area contributed by atoms with E-state index in [1.807, 2.05) is 24.3 Å². The fraction of sp³-hybridized carbons (Fsp3) is 0.250. The van der Waals surface area contributed by atoms with Crippen molar-refractivity contribution in [3.63, 3.8) is 0 Å². The summed E-state index contributed by atoms with van der Waals surface area (Å²) in [6.45, 7) is 4.20. The smallest absolute Gasteiger partial charge is 0.338 e. The van der Waals surface area contributed by atoms with Crippen LogP contribution in [0.2, 0.25) is 0 Å². The van der Waals surface area contributed by atoms with Crippen LogP contribution in [0.25, 0.3) is 0 Å². The quantitative estimate of drug-likeness (QED) is 0.876. The lowest BCUT2D eigenvalue weighted by molar-refractivity contribution is 0.0697. The van der Waals surface area contributed by atoms with Gasteiger partial charge in [0.1, 0.15) is 11.4 Å². The second-order valence-corrected chi connectivity index (χ2v) is 4.83. The molecule has 2 rings (SSSR count). The summed E-state index contributed by atoms with van der Waals surface area (Å²) in [7, 11) is 0. The van der Waals surface area contributed by atoms with Crippen molar-refractivity contribution in [1.29, 1.82) is 0 Å². The van der Waals surface area contributed by atoms with Gasteiger partial charge in [-0.3, -0.25) is 0 Å². The Morgan fingerprint density at radius 2 is 2.10 bits per heavy atom. The molecular weight excluding hydrogens is 268 g/mol. The molecule has 1 aromatic carbocycles. The van der Waals surface area contributed by atoms with Crippen molar-refractivity contribution in [2.45, 2.75) is 26.2 Å². The summed E-state index contributed by atoms with van der Waals surface area (Å²) in [5.74, 6) is -0.0146. The van der Waals surface area contributed by atoms with Crippen LogP contribution in [0.15, 0.2) is 36.5 Å². The highest BCUT2D eigenvalue weighted by atomic mass is 16.5. The van der Waals surface area contributed by atoms with Crippen LogP contribution in [0.4, 0.5) is 5.69 Å². The number of pyridine rings is 1. The van der Waals surface area contributed by atoms with Gasteiger partial charge in [0.2, 0.25) is 5.88 Å². The Labute approximate surface area is 123 Å². The number of nitrogen functional groups attached to an aromatic ring is 1. The monoisotopic (exact) mass is 286 g/mol. The molecule has 3 N–H and O–H groups in total. The maximum absolute atomic E-state index is 11.1. The van der Waals surface area contributed by atoms with Gasteiger partial charge in [-0.25, -0.2) is 9.78 Å². The molecule has 0 aliphatic heterocycles. The first-order valence-electron chi connectivity index (χ1n) is 6.79. The van der Waals surface area contributed by atoms with Crippen LogP contribution < -0.4 is 10.5 Å². The number of carboxylic acids is 1. The minimum atomic E-state index is -1.10. The third-order valence-corrected chi connectivity index (χ3v) is 3.45. The highest BCUT2D eigenvalue weighted by molar-refractivity contribution is 5.94. The number of rotatable bonds is 5. The molecule has 110 valence electrons. The summed E-state index contributed by atoms with van der Waals surface area (Å²) in [5, 5.41) is 9.07. The van der Waals surface area contributed by atoms with E-state index in [-0.39, 0.29) is 17.1 Å². The van der Waals surface area contributed by atoms with E-state index in [9.17, 15) is 4.79 Å². The summed E-state index contributed by atoms with van der Waals surface area (Å²) in [4.78, 5) is 15.1. The van der Waals surface area contributed by atoms with Gasteiger partial charge >= 0.3 is 5.97 Å². The molecule has 0 fully saturated rings. The highest BCUT2D eigenvalue weighted by Gasteiger charge is 2.16. The molecular formula is C16H18N2O3. The van der Waals surface area contributed by atoms with Gasteiger partial charge < -0.3 is 15.6 Å². The Morgan fingerprint density at radius 1 is 1.38 bits per heavy atom. The first kappa shape index (κ1) is 14.8. The second kappa shape index (κ2) is 6.26. The molecule has 5 heteroatoms. The number of nitrogens with two attached hydrogens (primary N) is 1. The Hall–Kier alpha value is -2.56. The fourth-order valence-corrected chi connectivity index (χ4v) is 2.03. The van der Waals surface area contributed by atoms with Crippen molar-refractivity contribution in [3.05, 3.63) is 47.7 Å². The molecule has 1 heterocycles. The van der Waals surface area contributed by atoms with Crippen LogP contribution in [-0.2, 0) is 0 Å². The third kappa shape index (κ3) is 3.13. The molecule has 2 aromatic rings. The normalized spacial score (nSPS) is 11.9. The molecule has 1 aromatic heterocycles. The van der Waals surface area contributed by atoms with Gasteiger partial charge in [-0.2, -0.15) is 0 Å². The predicted molar refractivity (Wildman–Crippen MR) is 80.8 cm³/mol. The summed E-state index contributed by atoms with van der Waals surface area (Å²) in [5.41, 5.74) is 6.88. The standard InChI is InChI=1S/C16H18N2O3/c1-3-10(2)11-6-4-5-7-13(11)21-15-14(17)12(16(19)20)8-9-18-15/h4-10H,3,17H2,1-2H3,(H,19,20). The van der Waals surface area contributed by atoms with Gasteiger partial charge in [0.05, 0.1) is 5.56 Å². The Kier molecular flexibility index (Phi) is 4.42. The zero-order valence-corrected chi connectivity index (χ0v) is 12.0. The number of hydrogen-bond donors (Lipinski definition) is 2. The van der Waals surface area contributed by atoms with E-state index >= 15 is 0 Å². The molecule has 5 nitrogen and oxygen atoms in total. The van der Waals surface area contributed by atoms with Gasteiger partial charge in [-0.1, -0.05) is 32.0 Å². The second-order valence-electron chi connectivity index (χ2n) is 4.83. The molecule has 1 unspecified atom stereocenters. The zero-order chi connectivity index (χ0) is 15.4. The Morgan fingerprint density at radius 3 is 2.76 bits per heavy atom. The first-order chi connectivity index (χ1) is 10.0. The van der Waals surface area contributed by atoms with Crippen molar-refractivity contribution in [3.8, 4) is 11.6 Å². The number of aromatic carboxylic acids is 1. The third-order valence-electron chi connectivity index (χ3n) is 3.45. The number of benzene rings is 1. The summed E-state index contributed by atoms with van der Waals surface area (Å²) in [6, 6.07) is 8.97. The van der Waals surface area contributed by atoms with E-state index in [1.54, 1.807) is 0 Å². The van der Waals surface area contributed by atoms with E-state index in [2.05, 4.69) is 18.8 Å². The minimum Gasteiger partial charge on any atom is -0.478 e. The lowest BCUT2D eigenvalue weighted by Crippen LogP contribution is -2.06. The van der Waals surface area contributed by atoms with E-state index in [0.29, 0.717) is 11.7 Å². The summed E-state index contributed by atoms with van der Waals surface area (Å²) >= 11 is 0. The summed E-state index contributed by atoms with van der Waals surface area (Å²) in [6.07, 6.45) is 2.35. The lowest BCUT2D eigenvalue weighted by atomic mass is 9.98. The number of carboxylic acid groups (broad SMARTS) is 1. The van der Waals surface area contributed by atoms with Crippen LogP contribution in [0.3, 0.4) is 0 Å². The molecule has 0 bridgehead atoms. The number of para-hydroxylation sites is 1. The maximum atomic E-state index is 11.1. The average Bonchev–Trinajstić information content (AvgIpc) is 2.49. The van der Waals surface area contributed by atoms with Gasteiger partial charge in [0, 0.05) is 6.20 Å². The number of carbonyl (C=O) groups is 1. The van der Waals surface area contributed by atoms with Gasteiger partial charge in [-0.15, -0.1) is 0 Å². The van der Waals surface area contributed by atoms with Crippen LogP contribution in [0.1, 0.15) is 42.1 Å².